The van der Waals surface area contributed by atoms with E-state index in [-0.39, 0.29) is 5.91 Å². The summed E-state index contributed by atoms with van der Waals surface area (Å²) in [5.41, 5.74) is 2.93. The fourth-order valence-electron chi connectivity index (χ4n) is 2.15. The van der Waals surface area contributed by atoms with Crippen molar-refractivity contribution >= 4 is 28.6 Å². The van der Waals surface area contributed by atoms with E-state index >= 15 is 0 Å². The van der Waals surface area contributed by atoms with Gasteiger partial charge in [-0.05, 0) is 47.3 Å². The van der Waals surface area contributed by atoms with Crippen molar-refractivity contribution in [2.75, 3.05) is 10.6 Å². The molecule has 1 amide bonds. The summed E-state index contributed by atoms with van der Waals surface area (Å²) >= 11 is 1.59. The minimum Gasteiger partial charge on any atom is -0.381 e. The van der Waals surface area contributed by atoms with E-state index in [1.165, 1.54) is 0 Å². The largest absolute Gasteiger partial charge is 0.381 e. The summed E-state index contributed by atoms with van der Waals surface area (Å²) in [5, 5.41) is 8.22. The van der Waals surface area contributed by atoms with Crippen molar-refractivity contribution in [2.45, 2.75) is 13.0 Å². The van der Waals surface area contributed by atoms with E-state index in [1.807, 2.05) is 60.1 Å². The third kappa shape index (κ3) is 4.66. The van der Waals surface area contributed by atoms with Gasteiger partial charge in [-0.3, -0.25) is 9.78 Å². The Hall–Kier alpha value is -2.66. The van der Waals surface area contributed by atoms with Crippen molar-refractivity contribution in [1.29, 1.82) is 0 Å². The van der Waals surface area contributed by atoms with Crippen LogP contribution in [0.15, 0.2) is 66.3 Å². The van der Waals surface area contributed by atoms with Crippen LogP contribution in [0, 0.1) is 0 Å². The molecule has 0 bridgehead atoms. The van der Waals surface area contributed by atoms with Crippen molar-refractivity contribution in [3.63, 3.8) is 0 Å². The summed E-state index contributed by atoms with van der Waals surface area (Å²) in [4.78, 5) is 17.1. The molecule has 0 radical (unpaired) electrons. The maximum absolute atomic E-state index is 11.9. The van der Waals surface area contributed by atoms with Gasteiger partial charge >= 0.3 is 0 Å². The normalized spacial score (nSPS) is 10.3. The molecule has 23 heavy (non-hydrogen) atoms. The highest BCUT2D eigenvalue weighted by atomic mass is 32.1. The minimum absolute atomic E-state index is 0.00326. The summed E-state index contributed by atoms with van der Waals surface area (Å²) in [6.45, 7) is 0.720. The molecule has 0 spiro atoms. The molecule has 3 aromatic rings. The first kappa shape index (κ1) is 15.2. The van der Waals surface area contributed by atoms with Crippen LogP contribution in [0.1, 0.15) is 10.4 Å². The van der Waals surface area contributed by atoms with Crippen molar-refractivity contribution in [1.82, 2.24) is 4.98 Å². The Morgan fingerprint density at radius 2 is 1.87 bits per heavy atom. The molecule has 0 aliphatic carbocycles. The maximum atomic E-state index is 11.9. The van der Waals surface area contributed by atoms with Crippen LogP contribution < -0.4 is 10.6 Å². The van der Waals surface area contributed by atoms with Crippen molar-refractivity contribution < 1.29 is 4.79 Å². The standard InChI is InChI=1S/C18H17N3OS/c22-18(11-17-4-2-10-23-17)21-16-7-5-15(6-8-16)20-13-14-3-1-9-19-12-14/h1-10,12,20H,11,13H2,(H,21,22). The molecule has 2 heterocycles. The van der Waals surface area contributed by atoms with Crippen LogP contribution in [0.5, 0.6) is 0 Å². The molecule has 0 saturated heterocycles. The summed E-state index contributed by atoms with van der Waals surface area (Å²) in [6, 6.07) is 15.6. The van der Waals surface area contributed by atoms with Gasteiger partial charge in [-0.15, -0.1) is 11.3 Å². The van der Waals surface area contributed by atoms with Crippen LogP contribution in [0.3, 0.4) is 0 Å². The number of anilines is 2. The Morgan fingerprint density at radius 3 is 2.57 bits per heavy atom. The lowest BCUT2D eigenvalue weighted by Crippen LogP contribution is -2.13. The summed E-state index contributed by atoms with van der Waals surface area (Å²) in [7, 11) is 0. The van der Waals surface area contributed by atoms with Gasteiger partial charge in [0.15, 0.2) is 0 Å². The van der Waals surface area contributed by atoms with Crippen LogP contribution in [-0.2, 0) is 17.8 Å². The van der Waals surface area contributed by atoms with Gasteiger partial charge in [0, 0.05) is 35.2 Å². The molecule has 0 saturated carbocycles. The van der Waals surface area contributed by atoms with Crippen LogP contribution >= 0.6 is 11.3 Å². The van der Waals surface area contributed by atoms with Gasteiger partial charge in [-0.25, -0.2) is 0 Å². The van der Waals surface area contributed by atoms with Gasteiger partial charge in [-0.1, -0.05) is 12.1 Å². The van der Waals surface area contributed by atoms with E-state index in [0.29, 0.717) is 6.42 Å². The number of nitrogens with one attached hydrogen (secondary N) is 2. The molecule has 5 heteroatoms. The van der Waals surface area contributed by atoms with Gasteiger partial charge in [0.05, 0.1) is 6.42 Å². The maximum Gasteiger partial charge on any atom is 0.229 e. The molecule has 0 aliphatic heterocycles. The first-order valence-corrected chi connectivity index (χ1v) is 8.22. The van der Waals surface area contributed by atoms with E-state index in [0.717, 1.165) is 28.4 Å². The average molecular weight is 323 g/mol. The molecule has 116 valence electrons. The Bertz CT molecular complexity index is 740. The minimum atomic E-state index is 0.00326. The third-order valence-electron chi connectivity index (χ3n) is 3.30. The van der Waals surface area contributed by atoms with E-state index in [1.54, 1.807) is 17.5 Å². The molecule has 0 unspecified atom stereocenters. The molecule has 2 N–H and O–H groups in total. The Balaban J connectivity index is 1.51. The van der Waals surface area contributed by atoms with Crippen LogP contribution in [0.25, 0.3) is 0 Å². The Morgan fingerprint density at radius 1 is 1.04 bits per heavy atom. The second-order valence-electron chi connectivity index (χ2n) is 5.10. The summed E-state index contributed by atoms with van der Waals surface area (Å²) in [6.07, 6.45) is 4.02. The number of carbonyl (C=O) groups is 1. The fraction of sp³-hybridized carbons (Fsp3) is 0.111. The Kier molecular flexibility index (Phi) is 5.01. The van der Waals surface area contributed by atoms with Crippen LogP contribution in [0.4, 0.5) is 11.4 Å². The third-order valence-corrected chi connectivity index (χ3v) is 4.18. The second kappa shape index (κ2) is 7.56. The highest BCUT2D eigenvalue weighted by Gasteiger charge is 2.04. The Labute approximate surface area is 139 Å². The second-order valence-corrected chi connectivity index (χ2v) is 6.13. The molecular weight excluding hydrogens is 306 g/mol. The lowest BCUT2D eigenvalue weighted by atomic mass is 10.2. The SMILES string of the molecule is O=C(Cc1cccs1)Nc1ccc(NCc2cccnc2)cc1. The molecule has 1 aromatic carbocycles. The molecule has 2 aromatic heterocycles. The van der Waals surface area contributed by atoms with E-state index in [9.17, 15) is 4.79 Å². The van der Waals surface area contributed by atoms with Gasteiger partial charge in [-0.2, -0.15) is 0 Å². The number of amides is 1. The number of carbonyl (C=O) groups excluding carboxylic acids is 1. The molecule has 0 fully saturated rings. The van der Waals surface area contributed by atoms with Crippen molar-refractivity contribution in [3.8, 4) is 0 Å². The first-order chi connectivity index (χ1) is 11.3. The number of pyridine rings is 1. The molecular formula is C18H17N3OS. The smallest absolute Gasteiger partial charge is 0.229 e. The van der Waals surface area contributed by atoms with E-state index < -0.39 is 0 Å². The van der Waals surface area contributed by atoms with Crippen molar-refractivity contribution in [2.24, 2.45) is 0 Å². The van der Waals surface area contributed by atoms with Crippen LogP contribution in [-0.4, -0.2) is 10.9 Å². The van der Waals surface area contributed by atoms with Crippen molar-refractivity contribution in [3.05, 3.63) is 76.7 Å². The number of thiophene rings is 1. The molecule has 0 atom stereocenters. The topological polar surface area (TPSA) is 54.0 Å². The number of aromatic nitrogens is 1. The van der Waals surface area contributed by atoms with Crippen LogP contribution in [0.2, 0.25) is 0 Å². The van der Waals surface area contributed by atoms with E-state index in [2.05, 4.69) is 15.6 Å². The highest BCUT2D eigenvalue weighted by molar-refractivity contribution is 7.10. The number of hydrogen-bond donors (Lipinski definition) is 2. The predicted molar refractivity (Wildman–Crippen MR) is 94.7 cm³/mol. The summed E-state index contributed by atoms with van der Waals surface area (Å²) < 4.78 is 0. The number of hydrogen-bond acceptors (Lipinski definition) is 4. The lowest BCUT2D eigenvalue weighted by Gasteiger charge is -2.08. The van der Waals surface area contributed by atoms with E-state index in [4.69, 9.17) is 0 Å². The quantitative estimate of drug-likeness (QED) is 0.722. The van der Waals surface area contributed by atoms with Gasteiger partial charge < -0.3 is 10.6 Å². The average Bonchev–Trinajstić information content (AvgIpc) is 3.08. The zero-order valence-corrected chi connectivity index (χ0v) is 13.3. The number of rotatable bonds is 6. The number of benzene rings is 1. The molecule has 4 nitrogen and oxygen atoms in total. The summed E-state index contributed by atoms with van der Waals surface area (Å²) in [5.74, 6) is 0.00326. The molecule has 0 aliphatic rings. The zero-order valence-electron chi connectivity index (χ0n) is 12.5. The fourth-order valence-corrected chi connectivity index (χ4v) is 2.86. The highest BCUT2D eigenvalue weighted by Crippen LogP contribution is 2.16. The van der Waals surface area contributed by atoms with Gasteiger partial charge in [0.1, 0.15) is 0 Å². The number of nitrogens with zero attached hydrogens (tertiary/aromatic N) is 1. The van der Waals surface area contributed by atoms with Gasteiger partial charge in [0.25, 0.3) is 0 Å². The monoisotopic (exact) mass is 323 g/mol. The molecule has 3 rings (SSSR count). The zero-order chi connectivity index (χ0) is 15.9. The van der Waals surface area contributed by atoms with Gasteiger partial charge in [0.2, 0.25) is 5.91 Å². The first-order valence-electron chi connectivity index (χ1n) is 7.35. The predicted octanol–water partition coefficient (Wildman–Crippen LogP) is 3.94. The lowest BCUT2D eigenvalue weighted by molar-refractivity contribution is -0.115.